The molecule has 2 nitrogen and oxygen atoms in total. The van der Waals surface area contributed by atoms with Gasteiger partial charge in [-0.2, -0.15) is 0 Å². The first-order chi connectivity index (χ1) is 9.85. The predicted octanol–water partition coefficient (Wildman–Crippen LogP) is 4.33. The Morgan fingerprint density at radius 3 is 2.75 bits per heavy atom. The number of hydrogen-bond donors (Lipinski definition) is 1. The van der Waals surface area contributed by atoms with Crippen LogP contribution in [0.5, 0.6) is 5.75 Å². The number of nitrogens with one attached hydrogen (secondary N) is 1. The lowest BCUT2D eigenvalue weighted by molar-refractivity contribution is 0.169. The Hall–Kier alpha value is -1.02. The molecule has 0 aliphatic carbocycles. The third-order valence-corrected chi connectivity index (χ3v) is 4.15. The number of ether oxygens (including phenoxy) is 1. The average Bonchev–Trinajstić information content (AvgIpc) is 2.90. The number of fused-ring (bicyclic) bond motifs is 1. The molecule has 0 radical (unpaired) electrons. The third-order valence-electron chi connectivity index (χ3n) is 4.15. The Balaban J connectivity index is 1.87. The van der Waals surface area contributed by atoms with Gasteiger partial charge in [0.1, 0.15) is 11.9 Å². The lowest BCUT2D eigenvalue weighted by Crippen LogP contribution is -2.42. The maximum atomic E-state index is 6.16. The lowest BCUT2D eigenvalue weighted by atomic mass is 9.98. The van der Waals surface area contributed by atoms with E-state index in [1.54, 1.807) is 0 Å². The maximum Gasteiger partial charge on any atom is 0.123 e. The second kappa shape index (κ2) is 8.31. The van der Waals surface area contributed by atoms with E-state index in [1.807, 2.05) is 0 Å². The van der Waals surface area contributed by atoms with Crippen molar-refractivity contribution < 1.29 is 4.74 Å². The van der Waals surface area contributed by atoms with Gasteiger partial charge >= 0.3 is 0 Å². The molecule has 112 valence electrons. The van der Waals surface area contributed by atoms with Gasteiger partial charge in [-0.1, -0.05) is 57.7 Å². The van der Waals surface area contributed by atoms with E-state index in [2.05, 4.69) is 43.4 Å². The van der Waals surface area contributed by atoms with Crippen LogP contribution in [-0.4, -0.2) is 18.7 Å². The van der Waals surface area contributed by atoms with Gasteiger partial charge in [-0.25, -0.2) is 0 Å². The molecule has 20 heavy (non-hydrogen) atoms. The van der Waals surface area contributed by atoms with E-state index in [9.17, 15) is 0 Å². The Morgan fingerprint density at radius 1 is 1.15 bits per heavy atom. The molecule has 0 fully saturated rings. The van der Waals surface area contributed by atoms with E-state index >= 15 is 0 Å². The summed E-state index contributed by atoms with van der Waals surface area (Å²) >= 11 is 0. The van der Waals surface area contributed by atoms with Crippen molar-refractivity contribution in [3.63, 3.8) is 0 Å². The van der Waals surface area contributed by atoms with Gasteiger partial charge < -0.3 is 10.1 Å². The van der Waals surface area contributed by atoms with Crippen molar-refractivity contribution in [2.24, 2.45) is 0 Å². The highest BCUT2D eigenvalue weighted by atomic mass is 16.5. The molecule has 1 heterocycles. The van der Waals surface area contributed by atoms with Gasteiger partial charge in [-0.05, 0) is 31.0 Å². The monoisotopic (exact) mass is 275 g/mol. The van der Waals surface area contributed by atoms with Gasteiger partial charge in [-0.15, -0.1) is 0 Å². The zero-order chi connectivity index (χ0) is 14.2. The number of para-hydroxylation sites is 1. The fourth-order valence-corrected chi connectivity index (χ4v) is 2.97. The lowest BCUT2D eigenvalue weighted by Gasteiger charge is -2.24. The SMILES string of the molecule is CCCCCCC(NCCC)C1Cc2ccccc2O1. The molecule has 0 amide bonds. The van der Waals surface area contributed by atoms with Crippen LogP contribution >= 0.6 is 0 Å². The zero-order valence-corrected chi connectivity index (χ0v) is 13.0. The number of benzene rings is 1. The summed E-state index contributed by atoms with van der Waals surface area (Å²) in [6.07, 6.45) is 9.12. The van der Waals surface area contributed by atoms with Gasteiger partial charge in [0.2, 0.25) is 0 Å². The molecule has 2 unspecified atom stereocenters. The van der Waals surface area contributed by atoms with E-state index in [0.717, 1.165) is 18.7 Å². The summed E-state index contributed by atoms with van der Waals surface area (Å²) in [6, 6.07) is 8.98. The van der Waals surface area contributed by atoms with Crippen LogP contribution in [-0.2, 0) is 6.42 Å². The van der Waals surface area contributed by atoms with Crippen LogP contribution in [0, 0.1) is 0 Å². The van der Waals surface area contributed by atoms with Crippen LogP contribution in [0.2, 0.25) is 0 Å². The van der Waals surface area contributed by atoms with Crippen LogP contribution in [0.1, 0.15) is 57.9 Å². The summed E-state index contributed by atoms with van der Waals surface area (Å²) in [5, 5.41) is 3.70. The smallest absolute Gasteiger partial charge is 0.123 e. The van der Waals surface area contributed by atoms with Crippen molar-refractivity contribution in [1.29, 1.82) is 0 Å². The molecular formula is C18H29NO. The summed E-state index contributed by atoms with van der Waals surface area (Å²) in [5.74, 6) is 1.09. The Morgan fingerprint density at radius 2 is 2.00 bits per heavy atom. The van der Waals surface area contributed by atoms with E-state index in [4.69, 9.17) is 4.74 Å². The minimum absolute atomic E-state index is 0.320. The minimum Gasteiger partial charge on any atom is -0.488 e. The Labute approximate surface area is 123 Å². The van der Waals surface area contributed by atoms with Crippen molar-refractivity contribution in [3.8, 4) is 5.75 Å². The molecule has 1 aromatic rings. The molecular weight excluding hydrogens is 246 g/mol. The first kappa shape index (κ1) is 15.4. The molecule has 0 aromatic heterocycles. The molecule has 2 atom stereocenters. The Bertz CT molecular complexity index is 366. The molecule has 0 saturated heterocycles. The zero-order valence-electron chi connectivity index (χ0n) is 13.0. The highest BCUT2D eigenvalue weighted by Gasteiger charge is 2.29. The first-order valence-corrected chi connectivity index (χ1v) is 8.33. The minimum atomic E-state index is 0.320. The molecule has 2 rings (SSSR count). The quantitative estimate of drug-likeness (QED) is 0.677. The standard InChI is InChI=1S/C18H29NO/c1-3-5-6-7-11-16(19-13-4-2)18-14-15-10-8-9-12-17(15)20-18/h8-10,12,16,18-19H,3-7,11,13-14H2,1-2H3. The van der Waals surface area contributed by atoms with E-state index in [0.29, 0.717) is 12.1 Å². The number of rotatable bonds is 9. The van der Waals surface area contributed by atoms with Crippen molar-refractivity contribution in [1.82, 2.24) is 5.32 Å². The molecule has 1 aromatic carbocycles. The maximum absolute atomic E-state index is 6.16. The topological polar surface area (TPSA) is 21.3 Å². The third kappa shape index (κ3) is 4.24. The summed E-state index contributed by atoms with van der Waals surface area (Å²) in [5.41, 5.74) is 1.37. The summed E-state index contributed by atoms with van der Waals surface area (Å²) in [4.78, 5) is 0. The molecule has 0 spiro atoms. The van der Waals surface area contributed by atoms with Crippen molar-refractivity contribution in [2.75, 3.05) is 6.54 Å². The highest BCUT2D eigenvalue weighted by molar-refractivity contribution is 5.37. The summed E-state index contributed by atoms with van der Waals surface area (Å²) in [7, 11) is 0. The fourth-order valence-electron chi connectivity index (χ4n) is 2.97. The molecule has 1 aliphatic heterocycles. The molecule has 0 bridgehead atoms. The van der Waals surface area contributed by atoms with Gasteiger partial charge in [0.05, 0.1) is 0 Å². The predicted molar refractivity (Wildman–Crippen MR) is 85.4 cm³/mol. The van der Waals surface area contributed by atoms with Crippen LogP contribution in [0.4, 0.5) is 0 Å². The van der Waals surface area contributed by atoms with Crippen molar-refractivity contribution in [3.05, 3.63) is 29.8 Å². The highest BCUT2D eigenvalue weighted by Crippen LogP contribution is 2.30. The van der Waals surface area contributed by atoms with Crippen LogP contribution in [0.25, 0.3) is 0 Å². The van der Waals surface area contributed by atoms with Crippen LogP contribution < -0.4 is 10.1 Å². The largest absolute Gasteiger partial charge is 0.488 e. The molecule has 0 saturated carbocycles. The summed E-state index contributed by atoms with van der Waals surface area (Å²) < 4.78 is 6.16. The molecule has 1 aliphatic rings. The number of unbranched alkanes of at least 4 members (excludes halogenated alkanes) is 3. The van der Waals surface area contributed by atoms with Gasteiger partial charge in [0.15, 0.2) is 0 Å². The average molecular weight is 275 g/mol. The van der Waals surface area contributed by atoms with E-state index < -0.39 is 0 Å². The molecule has 1 N–H and O–H groups in total. The van der Waals surface area contributed by atoms with Crippen LogP contribution in [0.15, 0.2) is 24.3 Å². The summed E-state index contributed by atoms with van der Waals surface area (Å²) in [6.45, 7) is 5.59. The van der Waals surface area contributed by atoms with Gasteiger partial charge in [0.25, 0.3) is 0 Å². The molecule has 2 heteroatoms. The number of hydrogen-bond acceptors (Lipinski definition) is 2. The first-order valence-electron chi connectivity index (χ1n) is 8.33. The van der Waals surface area contributed by atoms with Gasteiger partial charge in [-0.3, -0.25) is 0 Å². The normalized spacial score (nSPS) is 18.6. The fraction of sp³-hybridized carbons (Fsp3) is 0.667. The van der Waals surface area contributed by atoms with Crippen molar-refractivity contribution in [2.45, 2.75) is 70.9 Å². The second-order valence-electron chi connectivity index (χ2n) is 5.88. The second-order valence-corrected chi connectivity index (χ2v) is 5.88. The van der Waals surface area contributed by atoms with Crippen LogP contribution in [0.3, 0.4) is 0 Å². The Kier molecular flexibility index (Phi) is 6.38. The van der Waals surface area contributed by atoms with E-state index in [1.165, 1.54) is 44.1 Å². The van der Waals surface area contributed by atoms with Crippen molar-refractivity contribution >= 4 is 0 Å². The van der Waals surface area contributed by atoms with Gasteiger partial charge in [0, 0.05) is 12.5 Å². The van der Waals surface area contributed by atoms with E-state index in [-0.39, 0.29) is 0 Å².